The second-order valence-corrected chi connectivity index (χ2v) is 12.7. The lowest BCUT2D eigenvalue weighted by atomic mass is 9.88. The summed E-state index contributed by atoms with van der Waals surface area (Å²) >= 11 is 0. The van der Waals surface area contributed by atoms with E-state index < -0.39 is 6.03 Å². The Morgan fingerprint density at radius 1 is 0.918 bits per heavy atom. The van der Waals surface area contributed by atoms with Gasteiger partial charge in [-0.05, 0) is 82.1 Å². The number of benzene rings is 3. The number of rotatable bonds is 12. The number of aryl methyl sites for hydroxylation is 1. The lowest BCUT2D eigenvalue weighted by Crippen LogP contribution is -2.38. The van der Waals surface area contributed by atoms with Crippen LogP contribution in [0.25, 0.3) is 22.2 Å². The number of nitrogens with one attached hydrogen (secondary N) is 2. The van der Waals surface area contributed by atoms with E-state index in [4.69, 9.17) is 4.74 Å². The van der Waals surface area contributed by atoms with Crippen LogP contribution in [0.5, 0.6) is 5.75 Å². The highest BCUT2D eigenvalue weighted by Gasteiger charge is 2.24. The molecule has 0 saturated carbocycles. The van der Waals surface area contributed by atoms with Crippen molar-refractivity contribution in [2.45, 2.75) is 59.0 Å². The molecule has 250 valence electrons. The summed E-state index contributed by atoms with van der Waals surface area (Å²) < 4.78 is 7.89. The number of carbonyl (C=O) groups excluding carboxylic acids is 1. The summed E-state index contributed by atoms with van der Waals surface area (Å²) in [5.41, 5.74) is 6.06. The molecular formula is C39H41N7O3. The molecular weight excluding hydrogens is 614 g/mol. The normalized spacial score (nSPS) is 11.3. The van der Waals surface area contributed by atoms with Crippen LogP contribution in [0.3, 0.4) is 0 Å². The molecule has 3 aromatic carbocycles. The largest absolute Gasteiger partial charge is 0.494 e. The third-order valence-corrected chi connectivity index (χ3v) is 8.42. The van der Waals surface area contributed by atoms with Crippen LogP contribution in [0.15, 0.2) is 109 Å². The van der Waals surface area contributed by atoms with Gasteiger partial charge in [0, 0.05) is 30.2 Å². The number of hydrogen-bond donors (Lipinski definition) is 2. The molecule has 0 unspecified atom stereocenters. The summed E-state index contributed by atoms with van der Waals surface area (Å²) in [5.74, 6) is 0.987. The minimum Gasteiger partial charge on any atom is -0.494 e. The van der Waals surface area contributed by atoms with Crippen LogP contribution < -0.4 is 20.5 Å². The molecule has 0 atom stereocenters. The molecule has 2 N–H and O–H groups in total. The number of anilines is 2. The predicted molar refractivity (Wildman–Crippen MR) is 194 cm³/mol. The molecule has 0 bridgehead atoms. The molecule has 0 spiro atoms. The van der Waals surface area contributed by atoms with Crippen molar-refractivity contribution in [3.63, 3.8) is 0 Å². The molecule has 0 aliphatic rings. The standard InChI is InChI=1S/C39H41N7O3/c1-26(2)33-20-31(29-13-8-15-32(19-29)49-18-10-17-45-25-40-24-42-45)21-34(27(3)4)36(33)43-39(48)46(23-28-11-6-5-7-12-28)35-22-30-14-9-16-41-37(30)44-38(35)47/h5-9,11-16,19-22,24-27H,10,17-18,23H2,1-4H3,(H,43,48)(H,41,44,47). The van der Waals surface area contributed by atoms with E-state index in [1.807, 2.05) is 48.5 Å². The summed E-state index contributed by atoms with van der Waals surface area (Å²) in [4.78, 5) is 40.4. The van der Waals surface area contributed by atoms with Crippen LogP contribution >= 0.6 is 0 Å². The average molecular weight is 656 g/mol. The first-order valence-corrected chi connectivity index (χ1v) is 16.6. The Hall–Kier alpha value is -5.77. The summed E-state index contributed by atoms with van der Waals surface area (Å²) in [6, 6.07) is 27.0. The van der Waals surface area contributed by atoms with Gasteiger partial charge < -0.3 is 15.0 Å². The number of hydrogen-bond acceptors (Lipinski definition) is 6. The van der Waals surface area contributed by atoms with E-state index >= 15 is 0 Å². The van der Waals surface area contributed by atoms with Crippen LogP contribution in [0.1, 0.15) is 62.6 Å². The highest BCUT2D eigenvalue weighted by atomic mass is 16.5. The van der Waals surface area contributed by atoms with E-state index in [2.05, 4.69) is 77.3 Å². The fourth-order valence-corrected chi connectivity index (χ4v) is 5.87. The highest BCUT2D eigenvalue weighted by Crippen LogP contribution is 2.38. The Morgan fingerprint density at radius 3 is 2.41 bits per heavy atom. The van der Waals surface area contributed by atoms with E-state index in [-0.39, 0.29) is 29.6 Å². The number of amides is 2. The van der Waals surface area contributed by atoms with Crippen molar-refractivity contribution in [3.8, 4) is 16.9 Å². The molecule has 49 heavy (non-hydrogen) atoms. The molecule has 0 radical (unpaired) electrons. The molecule has 3 aromatic heterocycles. The SMILES string of the molecule is CC(C)c1cc(-c2cccc(OCCCn3cncn3)c2)cc(C(C)C)c1NC(=O)N(Cc1ccccc1)c1cc2cccnc2[nH]c1=O. The van der Waals surface area contributed by atoms with Gasteiger partial charge in [0.2, 0.25) is 0 Å². The summed E-state index contributed by atoms with van der Waals surface area (Å²) in [6.45, 7) is 9.98. The fraction of sp³-hybridized carbons (Fsp3) is 0.256. The summed E-state index contributed by atoms with van der Waals surface area (Å²) in [5, 5.41) is 8.14. The molecule has 2 amide bonds. The number of aromatic nitrogens is 5. The maximum atomic E-state index is 14.4. The zero-order valence-electron chi connectivity index (χ0n) is 28.3. The summed E-state index contributed by atoms with van der Waals surface area (Å²) in [6.07, 6.45) is 5.67. The topological polar surface area (TPSA) is 118 Å². The molecule has 0 fully saturated rings. The van der Waals surface area contributed by atoms with Crippen molar-refractivity contribution in [2.24, 2.45) is 0 Å². The molecule has 0 aliphatic carbocycles. The van der Waals surface area contributed by atoms with E-state index in [1.54, 1.807) is 29.3 Å². The van der Waals surface area contributed by atoms with E-state index in [0.29, 0.717) is 12.3 Å². The number of aromatic amines is 1. The quantitative estimate of drug-likeness (QED) is 0.129. The Morgan fingerprint density at radius 2 is 1.69 bits per heavy atom. The van der Waals surface area contributed by atoms with E-state index in [1.165, 1.54) is 11.2 Å². The molecule has 10 heteroatoms. The first-order chi connectivity index (χ1) is 23.8. The zero-order chi connectivity index (χ0) is 34.3. The maximum absolute atomic E-state index is 14.4. The molecule has 3 heterocycles. The number of nitrogens with zero attached hydrogens (tertiary/aromatic N) is 5. The Kier molecular flexibility index (Phi) is 10.1. The second-order valence-electron chi connectivity index (χ2n) is 12.7. The van der Waals surface area contributed by atoms with Gasteiger partial charge in [-0.15, -0.1) is 0 Å². The second kappa shape index (κ2) is 15.0. The fourth-order valence-electron chi connectivity index (χ4n) is 5.87. The van der Waals surface area contributed by atoms with E-state index in [0.717, 1.165) is 57.6 Å². The van der Waals surface area contributed by atoms with Gasteiger partial charge in [-0.25, -0.2) is 14.8 Å². The number of fused-ring (bicyclic) bond motifs is 1. The van der Waals surface area contributed by atoms with Gasteiger partial charge in [-0.3, -0.25) is 14.4 Å². The molecule has 0 aliphatic heterocycles. The maximum Gasteiger partial charge on any atom is 0.326 e. The lowest BCUT2D eigenvalue weighted by molar-refractivity contribution is 0.256. The van der Waals surface area contributed by atoms with Crippen molar-refractivity contribution in [1.82, 2.24) is 24.7 Å². The van der Waals surface area contributed by atoms with Crippen LogP contribution in [0.2, 0.25) is 0 Å². The van der Waals surface area contributed by atoms with E-state index in [9.17, 15) is 9.59 Å². The van der Waals surface area contributed by atoms with Gasteiger partial charge in [0.25, 0.3) is 5.56 Å². The smallest absolute Gasteiger partial charge is 0.326 e. The predicted octanol–water partition coefficient (Wildman–Crippen LogP) is 8.14. The number of urea groups is 1. The van der Waals surface area contributed by atoms with Gasteiger partial charge >= 0.3 is 6.03 Å². The Labute approximate surface area is 285 Å². The van der Waals surface area contributed by atoms with Crippen LogP contribution in [0, 0.1) is 0 Å². The molecule has 10 nitrogen and oxygen atoms in total. The Bertz CT molecular complexity index is 2060. The van der Waals surface area contributed by atoms with Gasteiger partial charge in [-0.1, -0.05) is 70.2 Å². The Balaban J connectivity index is 1.32. The minimum absolute atomic E-state index is 0.0988. The average Bonchev–Trinajstić information content (AvgIpc) is 3.63. The van der Waals surface area contributed by atoms with Gasteiger partial charge in [0.1, 0.15) is 29.7 Å². The van der Waals surface area contributed by atoms with Crippen molar-refractivity contribution in [2.75, 3.05) is 16.8 Å². The number of carbonyl (C=O) groups is 1. The van der Waals surface area contributed by atoms with Gasteiger partial charge in [-0.2, -0.15) is 5.10 Å². The van der Waals surface area contributed by atoms with Crippen LogP contribution in [-0.2, 0) is 13.1 Å². The number of ether oxygens (including phenoxy) is 1. The van der Waals surface area contributed by atoms with Gasteiger partial charge in [0.15, 0.2) is 0 Å². The first kappa shape index (κ1) is 33.1. The minimum atomic E-state index is -0.393. The first-order valence-electron chi connectivity index (χ1n) is 16.6. The van der Waals surface area contributed by atoms with Crippen molar-refractivity contribution >= 4 is 28.4 Å². The zero-order valence-corrected chi connectivity index (χ0v) is 28.3. The third-order valence-electron chi connectivity index (χ3n) is 8.42. The van der Waals surface area contributed by atoms with Crippen molar-refractivity contribution in [3.05, 3.63) is 131 Å². The lowest BCUT2D eigenvalue weighted by Gasteiger charge is -2.27. The van der Waals surface area contributed by atoms with Crippen molar-refractivity contribution in [1.29, 1.82) is 0 Å². The number of pyridine rings is 2. The molecule has 6 rings (SSSR count). The van der Waals surface area contributed by atoms with Crippen LogP contribution in [0.4, 0.5) is 16.2 Å². The number of H-pyrrole nitrogens is 1. The molecule has 6 aromatic rings. The third kappa shape index (κ3) is 7.86. The monoisotopic (exact) mass is 655 g/mol. The van der Waals surface area contributed by atoms with Crippen LogP contribution in [-0.4, -0.2) is 37.4 Å². The van der Waals surface area contributed by atoms with Crippen molar-refractivity contribution < 1.29 is 9.53 Å². The molecule has 0 saturated heterocycles. The summed E-state index contributed by atoms with van der Waals surface area (Å²) in [7, 11) is 0. The highest BCUT2D eigenvalue weighted by molar-refractivity contribution is 6.03. The van der Waals surface area contributed by atoms with Gasteiger partial charge in [0.05, 0.1) is 13.2 Å².